The third-order valence-corrected chi connectivity index (χ3v) is 2.31. The number of hydrogen-bond acceptors (Lipinski definition) is 8. The molecule has 2 rings (SSSR count). The van der Waals surface area contributed by atoms with E-state index in [1.54, 1.807) is 6.07 Å². The molecule has 8 nitrogen and oxygen atoms in total. The molecule has 2 aromatic heterocycles. The summed E-state index contributed by atoms with van der Waals surface area (Å²) in [5.74, 6) is -0.879. The van der Waals surface area contributed by atoms with Crippen LogP contribution in [0.4, 0.5) is 11.6 Å². The first kappa shape index (κ1) is 13.5. The molecule has 2 aromatic rings. The van der Waals surface area contributed by atoms with Crippen LogP contribution in [0.15, 0.2) is 33.7 Å². The van der Waals surface area contributed by atoms with E-state index in [4.69, 9.17) is 9.15 Å². The molecule has 0 fully saturated rings. The van der Waals surface area contributed by atoms with Gasteiger partial charge < -0.3 is 19.2 Å². The van der Waals surface area contributed by atoms with E-state index in [-0.39, 0.29) is 23.1 Å². The van der Waals surface area contributed by atoms with Gasteiger partial charge in [0.15, 0.2) is 0 Å². The zero-order valence-electron chi connectivity index (χ0n) is 10.7. The molecule has 2 heterocycles. The summed E-state index contributed by atoms with van der Waals surface area (Å²) in [7, 11) is 2.49. The smallest absolute Gasteiger partial charge is 0.381 e. The lowest BCUT2D eigenvalue weighted by molar-refractivity contribution is 0.0559. The van der Waals surface area contributed by atoms with Crippen LogP contribution in [0.2, 0.25) is 0 Å². The molecule has 0 saturated heterocycles. The van der Waals surface area contributed by atoms with Crippen molar-refractivity contribution in [3.63, 3.8) is 0 Å². The van der Waals surface area contributed by atoms with Gasteiger partial charge in [0.2, 0.25) is 17.5 Å². The summed E-state index contributed by atoms with van der Waals surface area (Å²) < 4.78 is 14.2. The molecule has 20 heavy (non-hydrogen) atoms. The number of rotatable bonds is 4. The number of carbonyl (C=O) groups excluding carboxylic acids is 1. The van der Waals surface area contributed by atoms with E-state index in [0.29, 0.717) is 0 Å². The Morgan fingerprint density at radius 2 is 2.00 bits per heavy atom. The summed E-state index contributed by atoms with van der Waals surface area (Å²) in [4.78, 5) is 31.0. The van der Waals surface area contributed by atoms with Crippen molar-refractivity contribution in [2.75, 3.05) is 19.5 Å². The van der Waals surface area contributed by atoms with Gasteiger partial charge in [-0.05, 0) is 6.07 Å². The van der Waals surface area contributed by atoms with Crippen LogP contribution in [0.3, 0.4) is 0 Å². The first-order chi connectivity index (χ1) is 9.65. The van der Waals surface area contributed by atoms with E-state index in [1.165, 1.54) is 32.7 Å². The quantitative estimate of drug-likeness (QED) is 0.824. The molecule has 0 aliphatic heterocycles. The van der Waals surface area contributed by atoms with Crippen LogP contribution in [-0.2, 0) is 4.74 Å². The monoisotopic (exact) mass is 277 g/mol. The van der Waals surface area contributed by atoms with Crippen molar-refractivity contribution in [3.8, 4) is 5.75 Å². The van der Waals surface area contributed by atoms with Crippen molar-refractivity contribution < 1.29 is 18.7 Å². The maximum atomic E-state index is 11.7. The summed E-state index contributed by atoms with van der Waals surface area (Å²) in [5, 5.41) is 2.77. The van der Waals surface area contributed by atoms with E-state index >= 15 is 0 Å². The highest BCUT2D eigenvalue weighted by atomic mass is 16.5. The predicted octanol–water partition coefficient (Wildman–Crippen LogP) is 0.969. The van der Waals surface area contributed by atoms with Crippen molar-refractivity contribution in [2.45, 2.75) is 0 Å². The highest BCUT2D eigenvalue weighted by Crippen LogP contribution is 2.23. The number of methoxy groups -OCH3 is 2. The lowest BCUT2D eigenvalue weighted by Gasteiger charge is -2.09. The molecule has 0 spiro atoms. The Morgan fingerprint density at radius 3 is 2.60 bits per heavy atom. The second kappa shape index (κ2) is 5.83. The van der Waals surface area contributed by atoms with Crippen molar-refractivity contribution >= 4 is 17.6 Å². The number of esters is 1. The SMILES string of the molecule is COC(=O)c1cc(Nc2ncccn2)c(OC)c(=O)o1. The van der Waals surface area contributed by atoms with Gasteiger partial charge in [0.25, 0.3) is 0 Å². The van der Waals surface area contributed by atoms with Gasteiger partial charge in [-0.15, -0.1) is 0 Å². The van der Waals surface area contributed by atoms with E-state index in [9.17, 15) is 9.59 Å². The summed E-state index contributed by atoms with van der Waals surface area (Å²) >= 11 is 0. The number of anilines is 2. The Balaban J connectivity index is 2.47. The second-order valence-corrected chi connectivity index (χ2v) is 3.53. The Hall–Kier alpha value is -2.90. The topological polar surface area (TPSA) is 104 Å². The molecule has 0 atom stereocenters. The first-order valence-electron chi connectivity index (χ1n) is 5.50. The first-order valence-corrected chi connectivity index (χ1v) is 5.50. The van der Waals surface area contributed by atoms with E-state index in [0.717, 1.165) is 0 Å². The highest BCUT2D eigenvalue weighted by molar-refractivity contribution is 5.87. The molecule has 8 heteroatoms. The number of nitrogens with one attached hydrogen (secondary N) is 1. The molecular formula is C12H11N3O5. The average Bonchev–Trinajstić information content (AvgIpc) is 2.47. The Kier molecular flexibility index (Phi) is 3.94. The molecule has 0 amide bonds. The second-order valence-electron chi connectivity index (χ2n) is 3.53. The van der Waals surface area contributed by atoms with Crippen molar-refractivity contribution in [2.24, 2.45) is 0 Å². The number of hydrogen-bond donors (Lipinski definition) is 1. The lowest BCUT2D eigenvalue weighted by Crippen LogP contribution is -2.13. The van der Waals surface area contributed by atoms with Gasteiger partial charge in [-0.1, -0.05) is 0 Å². The zero-order chi connectivity index (χ0) is 14.5. The number of carbonyl (C=O) groups is 1. The highest BCUT2D eigenvalue weighted by Gasteiger charge is 2.18. The van der Waals surface area contributed by atoms with Crippen LogP contribution in [0.5, 0.6) is 5.75 Å². The minimum Gasteiger partial charge on any atom is -0.488 e. The molecule has 0 bridgehead atoms. The number of ether oxygens (including phenoxy) is 2. The maximum absolute atomic E-state index is 11.7. The normalized spacial score (nSPS) is 9.90. The van der Waals surface area contributed by atoms with E-state index in [1.807, 2.05) is 0 Å². The molecule has 0 aliphatic rings. The summed E-state index contributed by atoms with van der Waals surface area (Å²) in [6.07, 6.45) is 3.04. The summed E-state index contributed by atoms with van der Waals surface area (Å²) in [6.45, 7) is 0. The lowest BCUT2D eigenvalue weighted by atomic mass is 10.3. The summed E-state index contributed by atoms with van der Waals surface area (Å²) in [5.41, 5.74) is -0.607. The van der Waals surface area contributed by atoms with Crippen molar-refractivity contribution in [1.29, 1.82) is 0 Å². The molecule has 0 aliphatic carbocycles. The van der Waals surface area contributed by atoms with Gasteiger partial charge in [0, 0.05) is 18.5 Å². The minimum atomic E-state index is -0.811. The predicted molar refractivity (Wildman–Crippen MR) is 68.2 cm³/mol. The van der Waals surface area contributed by atoms with Crippen LogP contribution in [-0.4, -0.2) is 30.2 Å². The van der Waals surface area contributed by atoms with Gasteiger partial charge in [-0.25, -0.2) is 19.6 Å². The van der Waals surface area contributed by atoms with Crippen molar-refractivity contribution in [3.05, 3.63) is 40.7 Å². The van der Waals surface area contributed by atoms with Crippen LogP contribution in [0.1, 0.15) is 10.6 Å². The number of nitrogens with zero attached hydrogens (tertiary/aromatic N) is 2. The summed E-state index contributed by atoms with van der Waals surface area (Å²) in [6, 6.07) is 2.92. The van der Waals surface area contributed by atoms with Gasteiger partial charge in [-0.2, -0.15) is 0 Å². The molecule has 0 saturated carbocycles. The molecular weight excluding hydrogens is 266 g/mol. The standard InChI is InChI=1S/C12H11N3O5/c1-18-9-7(15-12-13-4-3-5-14-12)6-8(10(16)19-2)20-11(9)17/h3-6H,1-2H3,(H,13,14,15). The van der Waals surface area contributed by atoms with E-state index < -0.39 is 11.6 Å². The molecule has 1 N–H and O–H groups in total. The Bertz CT molecular complexity index is 669. The fourth-order valence-corrected chi connectivity index (χ4v) is 1.45. The third-order valence-electron chi connectivity index (χ3n) is 2.31. The van der Waals surface area contributed by atoms with Gasteiger partial charge in [0.05, 0.1) is 19.9 Å². The average molecular weight is 277 g/mol. The zero-order valence-corrected chi connectivity index (χ0v) is 10.7. The van der Waals surface area contributed by atoms with Crippen LogP contribution in [0.25, 0.3) is 0 Å². The van der Waals surface area contributed by atoms with Crippen LogP contribution in [0, 0.1) is 0 Å². The fourth-order valence-electron chi connectivity index (χ4n) is 1.45. The molecule has 104 valence electrons. The molecule has 0 radical (unpaired) electrons. The van der Waals surface area contributed by atoms with Gasteiger partial charge >= 0.3 is 11.6 Å². The third kappa shape index (κ3) is 2.74. The fraction of sp³-hybridized carbons (Fsp3) is 0.167. The van der Waals surface area contributed by atoms with Gasteiger partial charge in [0.1, 0.15) is 0 Å². The molecule has 0 aromatic carbocycles. The number of aromatic nitrogens is 2. The van der Waals surface area contributed by atoms with Crippen LogP contribution < -0.4 is 15.7 Å². The van der Waals surface area contributed by atoms with Crippen molar-refractivity contribution in [1.82, 2.24) is 9.97 Å². The molecule has 0 unspecified atom stereocenters. The minimum absolute atomic E-state index is 0.0925. The Morgan fingerprint density at radius 1 is 1.30 bits per heavy atom. The van der Waals surface area contributed by atoms with Gasteiger partial charge in [-0.3, -0.25) is 0 Å². The van der Waals surface area contributed by atoms with E-state index in [2.05, 4.69) is 20.0 Å². The van der Waals surface area contributed by atoms with Crippen LogP contribution >= 0.6 is 0 Å². The Labute approximate surface area is 113 Å². The largest absolute Gasteiger partial charge is 0.488 e. The maximum Gasteiger partial charge on any atom is 0.381 e.